The van der Waals surface area contributed by atoms with Crippen LogP contribution in [0.3, 0.4) is 0 Å². The van der Waals surface area contributed by atoms with Gasteiger partial charge in [0.15, 0.2) is 0 Å². The summed E-state index contributed by atoms with van der Waals surface area (Å²) in [5.74, 6) is -2.20. The lowest BCUT2D eigenvalue weighted by atomic mass is 9.96. The topological polar surface area (TPSA) is 42.4 Å². The second kappa shape index (κ2) is 6.05. The zero-order valence-electron chi connectivity index (χ0n) is 12.8. The summed E-state index contributed by atoms with van der Waals surface area (Å²) >= 11 is 0. The number of aromatic nitrogens is 1. The van der Waals surface area contributed by atoms with Gasteiger partial charge in [-0.3, -0.25) is 0 Å². The lowest BCUT2D eigenvalue weighted by Gasteiger charge is -2.19. The van der Waals surface area contributed by atoms with E-state index in [-0.39, 0.29) is 17.3 Å². The van der Waals surface area contributed by atoms with Gasteiger partial charge in [-0.05, 0) is 30.3 Å². The molecule has 3 rings (SSSR count). The number of halogens is 4. The molecule has 2 aromatic rings. The maximum absolute atomic E-state index is 13.2. The van der Waals surface area contributed by atoms with Crippen LogP contribution in [0.25, 0.3) is 11.3 Å². The third-order valence-electron chi connectivity index (χ3n) is 4.08. The lowest BCUT2D eigenvalue weighted by Crippen LogP contribution is -2.25. The molecule has 1 aromatic carbocycles. The normalized spacial score (nSPS) is 18.2. The SMILES string of the molecule is CC1COc2c1cc(C(CO)C(F)(F)F)nc2-c1ccc(F)cc1. The van der Waals surface area contributed by atoms with Crippen LogP contribution in [0.1, 0.15) is 30.0 Å². The van der Waals surface area contributed by atoms with Crippen LogP contribution in [0, 0.1) is 5.82 Å². The van der Waals surface area contributed by atoms with E-state index in [0.717, 1.165) is 0 Å². The summed E-state index contributed by atoms with van der Waals surface area (Å²) in [4.78, 5) is 4.09. The number of benzene rings is 1. The minimum Gasteiger partial charge on any atom is -0.490 e. The molecule has 1 N–H and O–H groups in total. The van der Waals surface area contributed by atoms with Crippen molar-refractivity contribution in [1.82, 2.24) is 4.98 Å². The average Bonchev–Trinajstić information content (AvgIpc) is 2.88. The Bertz CT molecular complexity index is 743. The molecule has 0 aliphatic carbocycles. The molecule has 0 saturated heterocycles. The summed E-state index contributed by atoms with van der Waals surface area (Å²) in [6.45, 7) is 1.09. The predicted molar refractivity (Wildman–Crippen MR) is 79.4 cm³/mol. The number of aliphatic hydroxyl groups excluding tert-OH is 1. The predicted octanol–water partition coefficient (Wildman–Crippen LogP) is 4.02. The maximum atomic E-state index is 13.2. The van der Waals surface area contributed by atoms with Gasteiger partial charge in [0.05, 0.1) is 18.9 Å². The van der Waals surface area contributed by atoms with Crippen molar-refractivity contribution in [2.45, 2.75) is 24.9 Å². The number of hydrogen-bond donors (Lipinski definition) is 1. The number of alkyl halides is 3. The van der Waals surface area contributed by atoms with Crippen molar-refractivity contribution in [3.05, 3.63) is 47.4 Å². The molecule has 24 heavy (non-hydrogen) atoms. The lowest BCUT2D eigenvalue weighted by molar-refractivity contribution is -0.159. The fourth-order valence-corrected chi connectivity index (χ4v) is 2.74. The highest BCUT2D eigenvalue weighted by molar-refractivity contribution is 5.70. The van der Waals surface area contributed by atoms with E-state index in [1.807, 2.05) is 6.92 Å². The maximum Gasteiger partial charge on any atom is 0.399 e. The molecule has 3 nitrogen and oxygen atoms in total. The van der Waals surface area contributed by atoms with E-state index < -0.39 is 24.5 Å². The Balaban J connectivity index is 2.18. The van der Waals surface area contributed by atoms with Crippen LogP contribution in [0.4, 0.5) is 17.6 Å². The van der Waals surface area contributed by atoms with Crippen molar-refractivity contribution in [1.29, 1.82) is 0 Å². The standard InChI is InChI=1S/C17H15F4NO2/c1-9-8-24-16-12(9)6-14(13(7-23)17(19,20)21)22-15(16)10-2-4-11(18)5-3-10/h2-6,9,13,23H,7-8H2,1H3. The van der Waals surface area contributed by atoms with Crippen LogP contribution in [0.5, 0.6) is 5.75 Å². The molecule has 0 spiro atoms. The summed E-state index contributed by atoms with van der Waals surface area (Å²) in [6.07, 6.45) is -4.61. The second-order valence-corrected chi connectivity index (χ2v) is 5.81. The highest BCUT2D eigenvalue weighted by Crippen LogP contribution is 2.44. The van der Waals surface area contributed by atoms with Crippen molar-refractivity contribution in [2.75, 3.05) is 13.2 Å². The Labute approximate surface area is 135 Å². The molecule has 2 heterocycles. The molecular weight excluding hydrogens is 326 g/mol. The Morgan fingerprint density at radius 2 is 1.96 bits per heavy atom. The summed E-state index contributed by atoms with van der Waals surface area (Å²) < 4.78 is 58.2. The summed E-state index contributed by atoms with van der Waals surface area (Å²) in [5, 5.41) is 9.19. The summed E-state index contributed by atoms with van der Waals surface area (Å²) in [7, 11) is 0. The van der Waals surface area contributed by atoms with Gasteiger partial charge >= 0.3 is 6.18 Å². The molecule has 1 aliphatic rings. The number of ether oxygens (including phenoxy) is 1. The van der Waals surface area contributed by atoms with E-state index in [4.69, 9.17) is 4.74 Å². The summed E-state index contributed by atoms with van der Waals surface area (Å²) in [6, 6.07) is 6.64. The molecule has 0 fully saturated rings. The first-order valence-corrected chi connectivity index (χ1v) is 7.42. The minimum atomic E-state index is -4.61. The molecule has 128 valence electrons. The van der Waals surface area contributed by atoms with E-state index in [1.54, 1.807) is 0 Å². The molecule has 2 atom stereocenters. The molecule has 1 aliphatic heterocycles. The largest absolute Gasteiger partial charge is 0.490 e. The number of pyridine rings is 1. The fraction of sp³-hybridized carbons (Fsp3) is 0.353. The zero-order valence-corrected chi connectivity index (χ0v) is 12.8. The van der Waals surface area contributed by atoms with Gasteiger partial charge in [-0.15, -0.1) is 0 Å². The smallest absolute Gasteiger partial charge is 0.399 e. The van der Waals surface area contributed by atoms with Crippen molar-refractivity contribution in [2.24, 2.45) is 0 Å². The Morgan fingerprint density at radius 3 is 2.54 bits per heavy atom. The zero-order chi connectivity index (χ0) is 17.5. The monoisotopic (exact) mass is 341 g/mol. The molecule has 7 heteroatoms. The molecule has 2 unspecified atom stereocenters. The van der Waals surface area contributed by atoms with Gasteiger partial charge in [-0.2, -0.15) is 13.2 Å². The van der Waals surface area contributed by atoms with Crippen molar-refractivity contribution < 1.29 is 27.4 Å². The summed E-state index contributed by atoms with van der Waals surface area (Å²) in [5.41, 5.74) is 1.04. The van der Waals surface area contributed by atoms with Gasteiger partial charge in [0.1, 0.15) is 23.2 Å². The van der Waals surface area contributed by atoms with E-state index in [2.05, 4.69) is 4.98 Å². The first kappa shape index (κ1) is 16.7. The van der Waals surface area contributed by atoms with Crippen molar-refractivity contribution in [3.63, 3.8) is 0 Å². The number of nitrogens with zero attached hydrogens (tertiary/aromatic N) is 1. The quantitative estimate of drug-likeness (QED) is 0.858. The Hall–Kier alpha value is -2.15. The van der Waals surface area contributed by atoms with E-state index in [0.29, 0.717) is 23.5 Å². The van der Waals surface area contributed by atoms with Crippen LogP contribution in [-0.2, 0) is 0 Å². The van der Waals surface area contributed by atoms with Crippen LogP contribution in [-0.4, -0.2) is 29.5 Å². The van der Waals surface area contributed by atoms with Crippen LogP contribution < -0.4 is 4.74 Å². The third kappa shape index (κ3) is 2.96. The van der Waals surface area contributed by atoms with Crippen molar-refractivity contribution >= 4 is 0 Å². The van der Waals surface area contributed by atoms with Gasteiger partial charge in [-0.25, -0.2) is 9.37 Å². The van der Waals surface area contributed by atoms with Gasteiger partial charge in [0.2, 0.25) is 0 Å². The molecule has 0 amide bonds. The van der Waals surface area contributed by atoms with Gasteiger partial charge in [-0.1, -0.05) is 6.92 Å². The molecule has 0 radical (unpaired) electrons. The van der Waals surface area contributed by atoms with Crippen LogP contribution >= 0.6 is 0 Å². The first-order chi connectivity index (χ1) is 11.3. The van der Waals surface area contributed by atoms with Crippen molar-refractivity contribution in [3.8, 4) is 17.0 Å². The highest BCUT2D eigenvalue weighted by Gasteiger charge is 2.42. The fourth-order valence-electron chi connectivity index (χ4n) is 2.74. The van der Waals surface area contributed by atoms with Gasteiger partial charge < -0.3 is 9.84 Å². The molecule has 0 saturated carbocycles. The van der Waals surface area contributed by atoms with Gasteiger partial charge in [0.25, 0.3) is 0 Å². The minimum absolute atomic E-state index is 0.0893. The van der Waals surface area contributed by atoms with Gasteiger partial charge in [0, 0.05) is 17.0 Å². The average molecular weight is 341 g/mol. The van der Waals surface area contributed by atoms with Crippen LogP contribution in [0.2, 0.25) is 0 Å². The number of hydrogen-bond acceptors (Lipinski definition) is 3. The Kier molecular flexibility index (Phi) is 4.21. The molecule has 1 aromatic heterocycles. The molecule has 0 bridgehead atoms. The molecular formula is C17H15F4NO2. The Morgan fingerprint density at radius 1 is 1.29 bits per heavy atom. The second-order valence-electron chi connectivity index (χ2n) is 5.81. The number of rotatable bonds is 3. The third-order valence-corrected chi connectivity index (χ3v) is 4.08. The highest BCUT2D eigenvalue weighted by atomic mass is 19.4. The van der Waals surface area contributed by atoms with Crippen LogP contribution in [0.15, 0.2) is 30.3 Å². The van der Waals surface area contributed by atoms with E-state index in [9.17, 15) is 22.7 Å². The number of aliphatic hydroxyl groups is 1. The first-order valence-electron chi connectivity index (χ1n) is 7.42. The van der Waals surface area contributed by atoms with E-state index in [1.165, 1.54) is 30.3 Å². The van der Waals surface area contributed by atoms with E-state index >= 15 is 0 Å². The number of fused-ring (bicyclic) bond motifs is 1.